The Hall–Kier alpha value is -1.54. The van der Waals surface area contributed by atoms with Crippen molar-refractivity contribution in [3.63, 3.8) is 0 Å². The van der Waals surface area contributed by atoms with E-state index in [0.717, 1.165) is 0 Å². The van der Waals surface area contributed by atoms with Crippen molar-refractivity contribution in [1.29, 1.82) is 0 Å². The summed E-state index contributed by atoms with van der Waals surface area (Å²) in [6, 6.07) is 0. The third kappa shape index (κ3) is 4.82. The minimum Gasteiger partial charge on any atom is -0.289 e. The molecule has 13 heavy (non-hydrogen) atoms. The number of hydrogen-bond donors (Lipinski definition) is 0. The molecule has 0 aromatic heterocycles. The zero-order valence-corrected chi connectivity index (χ0v) is 7.79. The number of rotatable bonds is 6. The highest BCUT2D eigenvalue weighted by Crippen LogP contribution is 2.08. The molecule has 0 aromatic carbocycles. The number of azide groups is 1. The van der Waals surface area contributed by atoms with Crippen LogP contribution in [0.5, 0.6) is 0 Å². The standard InChI is InChI=1S/C9H13N3O/c1-7(2)9(13)8(3)5-4-6-11-12-10/h1,3-6H2,2H3. The summed E-state index contributed by atoms with van der Waals surface area (Å²) in [6.45, 7) is 9.21. The molecule has 0 aliphatic carbocycles. The Morgan fingerprint density at radius 3 is 2.62 bits per heavy atom. The molecular weight excluding hydrogens is 166 g/mol. The lowest BCUT2D eigenvalue weighted by Crippen LogP contribution is -2.02. The normalized spacial score (nSPS) is 8.69. The molecule has 0 heterocycles. The topological polar surface area (TPSA) is 65.8 Å². The van der Waals surface area contributed by atoms with Crippen LogP contribution in [0, 0.1) is 0 Å². The summed E-state index contributed by atoms with van der Waals surface area (Å²) in [5.41, 5.74) is 9.01. The third-order valence-corrected chi connectivity index (χ3v) is 1.51. The van der Waals surface area contributed by atoms with Gasteiger partial charge >= 0.3 is 0 Å². The SMILES string of the molecule is C=C(C)C(=O)C(=C)CCCN=[N+]=[N-]. The van der Waals surface area contributed by atoms with Crippen molar-refractivity contribution >= 4 is 5.78 Å². The predicted octanol–water partition coefficient (Wildman–Crippen LogP) is 2.78. The van der Waals surface area contributed by atoms with Crippen LogP contribution in [0.3, 0.4) is 0 Å². The van der Waals surface area contributed by atoms with Crippen LogP contribution in [0.2, 0.25) is 0 Å². The Morgan fingerprint density at radius 1 is 1.54 bits per heavy atom. The van der Waals surface area contributed by atoms with Gasteiger partial charge in [0.05, 0.1) is 0 Å². The van der Waals surface area contributed by atoms with Crippen LogP contribution in [0.25, 0.3) is 10.4 Å². The zero-order valence-electron chi connectivity index (χ0n) is 7.79. The van der Waals surface area contributed by atoms with Gasteiger partial charge in [0.2, 0.25) is 0 Å². The maximum absolute atomic E-state index is 11.2. The van der Waals surface area contributed by atoms with Crippen molar-refractivity contribution in [2.45, 2.75) is 19.8 Å². The number of carbonyl (C=O) groups is 1. The molecule has 0 unspecified atom stereocenters. The van der Waals surface area contributed by atoms with Crippen LogP contribution in [0.1, 0.15) is 19.8 Å². The van der Waals surface area contributed by atoms with Crippen LogP contribution >= 0.6 is 0 Å². The molecule has 0 amide bonds. The lowest BCUT2D eigenvalue weighted by Gasteiger charge is -2.01. The van der Waals surface area contributed by atoms with Crippen molar-refractivity contribution in [1.82, 2.24) is 0 Å². The molecule has 0 saturated heterocycles. The van der Waals surface area contributed by atoms with Crippen LogP contribution in [-0.4, -0.2) is 12.3 Å². The summed E-state index contributed by atoms with van der Waals surface area (Å²) in [4.78, 5) is 13.8. The molecule has 0 rings (SSSR count). The first-order chi connectivity index (χ1) is 6.09. The number of carbonyl (C=O) groups excluding carboxylic acids is 1. The largest absolute Gasteiger partial charge is 0.289 e. The van der Waals surface area contributed by atoms with Crippen molar-refractivity contribution in [2.24, 2.45) is 5.11 Å². The first-order valence-corrected chi connectivity index (χ1v) is 3.98. The van der Waals surface area contributed by atoms with Crippen LogP contribution in [0.15, 0.2) is 29.4 Å². The molecule has 0 radical (unpaired) electrons. The van der Waals surface area contributed by atoms with Crippen molar-refractivity contribution in [3.05, 3.63) is 34.7 Å². The summed E-state index contributed by atoms with van der Waals surface area (Å²) in [7, 11) is 0. The number of hydrogen-bond acceptors (Lipinski definition) is 2. The van der Waals surface area contributed by atoms with E-state index in [1.54, 1.807) is 6.92 Å². The zero-order chi connectivity index (χ0) is 10.3. The smallest absolute Gasteiger partial charge is 0.183 e. The molecule has 0 bridgehead atoms. The van der Waals surface area contributed by atoms with E-state index in [-0.39, 0.29) is 5.78 Å². The van der Waals surface area contributed by atoms with Crippen molar-refractivity contribution in [2.75, 3.05) is 6.54 Å². The molecule has 4 heteroatoms. The second-order valence-corrected chi connectivity index (χ2v) is 2.77. The fourth-order valence-electron chi connectivity index (χ4n) is 0.823. The molecule has 70 valence electrons. The van der Waals surface area contributed by atoms with E-state index in [1.807, 2.05) is 0 Å². The Bertz CT molecular complexity index is 275. The highest BCUT2D eigenvalue weighted by molar-refractivity contribution is 6.06. The summed E-state index contributed by atoms with van der Waals surface area (Å²) in [5.74, 6) is -0.0964. The average molecular weight is 179 g/mol. The van der Waals surface area contributed by atoms with E-state index in [9.17, 15) is 4.79 Å². The number of allylic oxidation sites excluding steroid dienone is 2. The maximum atomic E-state index is 11.2. The number of Topliss-reactive ketones (excluding diaryl/α,β-unsaturated/α-hetero) is 1. The van der Waals surface area contributed by atoms with E-state index in [0.29, 0.717) is 30.5 Å². The maximum Gasteiger partial charge on any atom is 0.183 e. The number of ketones is 1. The quantitative estimate of drug-likeness (QED) is 0.203. The van der Waals surface area contributed by atoms with Crippen LogP contribution in [-0.2, 0) is 4.79 Å². The van der Waals surface area contributed by atoms with Gasteiger partial charge in [-0.05, 0) is 36.4 Å². The lowest BCUT2D eigenvalue weighted by molar-refractivity contribution is -0.112. The van der Waals surface area contributed by atoms with Crippen LogP contribution < -0.4 is 0 Å². The van der Waals surface area contributed by atoms with E-state index >= 15 is 0 Å². The fourth-order valence-corrected chi connectivity index (χ4v) is 0.823. The summed E-state index contributed by atoms with van der Waals surface area (Å²) in [6.07, 6.45) is 1.21. The average Bonchev–Trinajstić information content (AvgIpc) is 2.10. The van der Waals surface area contributed by atoms with Gasteiger partial charge in [0.25, 0.3) is 0 Å². The molecule has 0 saturated carbocycles. The predicted molar refractivity (Wildman–Crippen MR) is 52.2 cm³/mol. The van der Waals surface area contributed by atoms with E-state index in [4.69, 9.17) is 5.53 Å². The molecule has 0 N–H and O–H groups in total. The molecule has 0 spiro atoms. The van der Waals surface area contributed by atoms with Crippen LogP contribution in [0.4, 0.5) is 0 Å². The first-order valence-electron chi connectivity index (χ1n) is 3.98. The Labute approximate surface area is 77.6 Å². The first kappa shape index (κ1) is 11.5. The lowest BCUT2D eigenvalue weighted by atomic mass is 10.0. The van der Waals surface area contributed by atoms with E-state index in [2.05, 4.69) is 23.2 Å². The van der Waals surface area contributed by atoms with Gasteiger partial charge in [-0.3, -0.25) is 4.79 Å². The number of nitrogens with zero attached hydrogens (tertiary/aromatic N) is 3. The molecule has 0 aromatic rings. The van der Waals surface area contributed by atoms with Gasteiger partial charge in [0, 0.05) is 11.5 Å². The molecule has 0 aliphatic heterocycles. The van der Waals surface area contributed by atoms with E-state index in [1.165, 1.54) is 0 Å². The van der Waals surface area contributed by atoms with Gasteiger partial charge in [-0.2, -0.15) is 0 Å². The molecular formula is C9H13N3O. The second-order valence-electron chi connectivity index (χ2n) is 2.77. The minimum absolute atomic E-state index is 0.0964. The van der Waals surface area contributed by atoms with Gasteiger partial charge in [-0.15, -0.1) is 0 Å². The Morgan fingerprint density at radius 2 is 2.15 bits per heavy atom. The monoisotopic (exact) mass is 179 g/mol. The van der Waals surface area contributed by atoms with Gasteiger partial charge in [-0.25, -0.2) is 0 Å². The molecule has 0 aliphatic rings. The Balaban J connectivity index is 3.81. The minimum atomic E-state index is -0.0964. The van der Waals surface area contributed by atoms with Crippen molar-refractivity contribution in [3.8, 4) is 0 Å². The van der Waals surface area contributed by atoms with Gasteiger partial charge in [-0.1, -0.05) is 18.3 Å². The van der Waals surface area contributed by atoms with E-state index < -0.39 is 0 Å². The van der Waals surface area contributed by atoms with Crippen molar-refractivity contribution < 1.29 is 4.79 Å². The highest BCUT2D eigenvalue weighted by Gasteiger charge is 2.06. The second kappa shape index (κ2) is 6.03. The molecule has 4 nitrogen and oxygen atoms in total. The Kier molecular flexibility index (Phi) is 5.32. The highest BCUT2D eigenvalue weighted by atomic mass is 16.1. The van der Waals surface area contributed by atoms with Gasteiger partial charge < -0.3 is 0 Å². The molecule has 0 fully saturated rings. The molecule has 0 atom stereocenters. The summed E-state index contributed by atoms with van der Waals surface area (Å²) in [5, 5.41) is 3.35. The summed E-state index contributed by atoms with van der Waals surface area (Å²) >= 11 is 0. The summed E-state index contributed by atoms with van der Waals surface area (Å²) < 4.78 is 0. The van der Waals surface area contributed by atoms with Gasteiger partial charge in [0.1, 0.15) is 0 Å². The third-order valence-electron chi connectivity index (χ3n) is 1.51. The fraction of sp³-hybridized carbons (Fsp3) is 0.444. The van der Waals surface area contributed by atoms with Gasteiger partial charge in [0.15, 0.2) is 5.78 Å².